The Balaban J connectivity index is 1.34. The number of rotatable bonds is 34. The molecule has 43 heavy (non-hydrogen) atoms. The van der Waals surface area contributed by atoms with Gasteiger partial charge in [0.15, 0.2) is 0 Å². The van der Waals surface area contributed by atoms with Crippen LogP contribution in [0.25, 0.3) is 0 Å². The maximum Gasteiger partial charge on any atom is 0.0980 e. The van der Waals surface area contributed by atoms with Crippen molar-refractivity contribution < 1.29 is 4.74 Å². The fourth-order valence-electron chi connectivity index (χ4n) is 8.45. The molecule has 0 aromatic rings. The SMILES string of the molecule is CCCCCCCCCCCCCCCCCCC12CCCCC1(CCCCCCCCCCCCCCCCCC)O2. The third-order valence-electron chi connectivity index (χ3n) is 11.5. The molecule has 1 saturated carbocycles. The maximum absolute atomic E-state index is 6.70. The number of fused-ring (bicyclic) bond motifs is 1. The van der Waals surface area contributed by atoms with Crippen LogP contribution in [-0.4, -0.2) is 11.2 Å². The van der Waals surface area contributed by atoms with E-state index in [0.29, 0.717) is 11.2 Å². The third kappa shape index (κ3) is 18.6. The molecule has 1 nitrogen and oxygen atoms in total. The van der Waals surface area contributed by atoms with E-state index >= 15 is 0 Å². The molecule has 2 unspecified atom stereocenters. The van der Waals surface area contributed by atoms with Crippen molar-refractivity contribution in [1.82, 2.24) is 0 Å². The zero-order chi connectivity index (χ0) is 30.6. The van der Waals surface area contributed by atoms with Crippen LogP contribution < -0.4 is 0 Å². The summed E-state index contributed by atoms with van der Waals surface area (Å²) in [5.41, 5.74) is 0.632. The van der Waals surface area contributed by atoms with Gasteiger partial charge in [0.05, 0.1) is 11.2 Å². The van der Waals surface area contributed by atoms with E-state index in [1.165, 1.54) is 244 Å². The monoisotopic (exact) mass is 603 g/mol. The van der Waals surface area contributed by atoms with Gasteiger partial charge in [0.2, 0.25) is 0 Å². The van der Waals surface area contributed by atoms with E-state index in [-0.39, 0.29) is 0 Å². The lowest BCUT2D eigenvalue weighted by molar-refractivity contribution is 0.243. The molecule has 1 aliphatic heterocycles. The lowest BCUT2D eigenvalue weighted by Crippen LogP contribution is -2.30. The average Bonchev–Trinajstić information content (AvgIpc) is 3.69. The summed E-state index contributed by atoms with van der Waals surface area (Å²) >= 11 is 0. The molecular formula is C42H82O. The lowest BCUT2D eigenvalue weighted by atomic mass is 9.74. The third-order valence-corrected chi connectivity index (χ3v) is 11.5. The molecule has 0 aromatic carbocycles. The van der Waals surface area contributed by atoms with Crippen molar-refractivity contribution in [2.45, 2.75) is 269 Å². The Hall–Kier alpha value is -0.0400. The Morgan fingerprint density at radius 2 is 0.512 bits per heavy atom. The Morgan fingerprint density at radius 1 is 0.302 bits per heavy atom. The first-order chi connectivity index (χ1) is 21.3. The standard InChI is InChI=1S/C42H82O/c1-3-5-7-9-11-13-15-17-19-21-23-25-27-29-31-33-37-41-39-35-36-40-42(41,43-41)38-34-32-30-28-26-24-22-20-18-16-14-12-10-8-6-4-2/h3-40H2,1-2H3. The summed E-state index contributed by atoms with van der Waals surface area (Å²) in [5, 5.41) is 0. The molecule has 256 valence electrons. The fourth-order valence-corrected chi connectivity index (χ4v) is 8.45. The highest BCUT2D eigenvalue weighted by Gasteiger charge is 2.68. The normalized spacial score (nSPS) is 21.3. The summed E-state index contributed by atoms with van der Waals surface area (Å²) < 4.78 is 6.70. The maximum atomic E-state index is 6.70. The predicted octanol–water partition coefficient (Wildman–Crippen LogP) is 15.4. The number of hydrogen-bond donors (Lipinski definition) is 0. The van der Waals surface area contributed by atoms with Crippen molar-refractivity contribution in [3.63, 3.8) is 0 Å². The summed E-state index contributed by atoms with van der Waals surface area (Å²) in [7, 11) is 0. The van der Waals surface area contributed by atoms with Crippen molar-refractivity contribution in [3.05, 3.63) is 0 Å². The van der Waals surface area contributed by atoms with Gasteiger partial charge < -0.3 is 4.74 Å². The molecule has 2 rings (SSSR count). The summed E-state index contributed by atoms with van der Waals surface area (Å²) in [5.74, 6) is 0. The van der Waals surface area contributed by atoms with Gasteiger partial charge in [0.25, 0.3) is 0 Å². The molecule has 0 bridgehead atoms. The number of ether oxygens (including phenoxy) is 1. The van der Waals surface area contributed by atoms with Crippen LogP contribution in [0.4, 0.5) is 0 Å². The van der Waals surface area contributed by atoms with Gasteiger partial charge in [-0.25, -0.2) is 0 Å². The van der Waals surface area contributed by atoms with Crippen LogP contribution in [0, 0.1) is 0 Å². The van der Waals surface area contributed by atoms with E-state index in [2.05, 4.69) is 13.8 Å². The zero-order valence-corrected chi connectivity index (χ0v) is 30.3. The predicted molar refractivity (Wildman–Crippen MR) is 193 cm³/mol. The molecule has 1 aliphatic carbocycles. The molecule has 2 atom stereocenters. The molecule has 0 N–H and O–H groups in total. The Bertz CT molecular complexity index is 535. The first-order valence-corrected chi connectivity index (χ1v) is 21.0. The van der Waals surface area contributed by atoms with Crippen molar-refractivity contribution in [1.29, 1.82) is 0 Å². The van der Waals surface area contributed by atoms with Gasteiger partial charge >= 0.3 is 0 Å². The summed E-state index contributed by atoms with van der Waals surface area (Å²) in [6.45, 7) is 4.62. The topological polar surface area (TPSA) is 12.5 Å². The van der Waals surface area contributed by atoms with Crippen molar-refractivity contribution in [3.8, 4) is 0 Å². The Kier molecular flexibility index (Phi) is 24.7. The molecule has 2 aliphatic rings. The van der Waals surface area contributed by atoms with Gasteiger partial charge in [-0.2, -0.15) is 0 Å². The fraction of sp³-hybridized carbons (Fsp3) is 1.00. The quantitative estimate of drug-likeness (QED) is 0.0527. The Labute approximate surface area is 273 Å². The van der Waals surface area contributed by atoms with Crippen LogP contribution in [0.15, 0.2) is 0 Å². The van der Waals surface area contributed by atoms with Crippen LogP contribution in [0.5, 0.6) is 0 Å². The van der Waals surface area contributed by atoms with Crippen LogP contribution >= 0.6 is 0 Å². The van der Waals surface area contributed by atoms with E-state index in [1.54, 1.807) is 0 Å². The highest BCUT2D eigenvalue weighted by atomic mass is 16.6. The molecule has 0 aromatic heterocycles. The molecule has 0 amide bonds. The van der Waals surface area contributed by atoms with Gasteiger partial charge in [0, 0.05) is 0 Å². The van der Waals surface area contributed by atoms with E-state index < -0.39 is 0 Å². The largest absolute Gasteiger partial charge is 0.363 e. The van der Waals surface area contributed by atoms with E-state index in [9.17, 15) is 0 Å². The summed E-state index contributed by atoms with van der Waals surface area (Å²) in [6.07, 6.45) is 55.0. The zero-order valence-electron chi connectivity index (χ0n) is 30.3. The lowest BCUT2D eigenvalue weighted by Gasteiger charge is -2.25. The summed E-state index contributed by atoms with van der Waals surface area (Å²) in [4.78, 5) is 0. The van der Waals surface area contributed by atoms with Crippen molar-refractivity contribution >= 4 is 0 Å². The van der Waals surface area contributed by atoms with Gasteiger partial charge in [-0.1, -0.05) is 232 Å². The molecule has 2 fully saturated rings. The van der Waals surface area contributed by atoms with Crippen LogP contribution in [-0.2, 0) is 4.74 Å². The first-order valence-electron chi connectivity index (χ1n) is 21.0. The van der Waals surface area contributed by atoms with Crippen molar-refractivity contribution in [2.24, 2.45) is 0 Å². The molecule has 1 heterocycles. The molecule has 1 saturated heterocycles. The van der Waals surface area contributed by atoms with E-state index in [1.807, 2.05) is 0 Å². The summed E-state index contributed by atoms with van der Waals surface area (Å²) in [6, 6.07) is 0. The minimum absolute atomic E-state index is 0.316. The van der Waals surface area contributed by atoms with E-state index in [0.717, 1.165) is 0 Å². The molecule has 0 spiro atoms. The Morgan fingerprint density at radius 3 is 0.744 bits per heavy atom. The van der Waals surface area contributed by atoms with Gasteiger partial charge in [-0.3, -0.25) is 0 Å². The van der Waals surface area contributed by atoms with Crippen LogP contribution in [0.1, 0.15) is 258 Å². The molecular weight excluding hydrogens is 520 g/mol. The van der Waals surface area contributed by atoms with Gasteiger partial charge in [-0.05, 0) is 25.7 Å². The van der Waals surface area contributed by atoms with E-state index in [4.69, 9.17) is 4.74 Å². The highest BCUT2D eigenvalue weighted by molar-refractivity contribution is 5.17. The second-order valence-corrected chi connectivity index (χ2v) is 15.4. The second-order valence-electron chi connectivity index (χ2n) is 15.4. The van der Waals surface area contributed by atoms with Crippen LogP contribution in [0.3, 0.4) is 0 Å². The number of epoxide rings is 1. The highest BCUT2D eigenvalue weighted by Crippen LogP contribution is 2.62. The molecule has 0 radical (unpaired) electrons. The molecule has 1 heteroatoms. The minimum Gasteiger partial charge on any atom is -0.363 e. The minimum atomic E-state index is 0.316. The number of hydrogen-bond acceptors (Lipinski definition) is 1. The second kappa shape index (κ2) is 27.1. The number of unbranched alkanes of at least 4 members (excludes halogenated alkanes) is 30. The van der Waals surface area contributed by atoms with Crippen molar-refractivity contribution in [2.75, 3.05) is 0 Å². The van der Waals surface area contributed by atoms with Gasteiger partial charge in [-0.15, -0.1) is 0 Å². The van der Waals surface area contributed by atoms with Gasteiger partial charge in [0.1, 0.15) is 0 Å². The average molecular weight is 603 g/mol. The smallest absolute Gasteiger partial charge is 0.0980 e. The first kappa shape index (κ1) is 39.1. The van der Waals surface area contributed by atoms with Crippen LogP contribution in [0.2, 0.25) is 0 Å².